The lowest BCUT2D eigenvalue weighted by atomic mass is 9.96. The molecule has 2 amide bonds. The van der Waals surface area contributed by atoms with Crippen molar-refractivity contribution < 1.29 is 32.7 Å². The number of piperidine rings is 1. The standard InChI is InChI=1S/C29H26BrClF3N5O4/c30-20-5-1-17(2-6-20)15-22(26(41)37-23(27(42)43)16-18-3-7-21(31)8-4-18)36-25(40)19-10-13-39(14-11-19)28-35-12-9-24(38-28)29(32,33)34/h1-9,12,15,19,23H,10-11,13-14,16H2,(H,36,40)(H,37,41)(H,42,43)/b22-15+/t23-/m0/s1. The zero-order valence-corrected chi connectivity index (χ0v) is 24.8. The van der Waals surface area contributed by atoms with Crippen molar-refractivity contribution in [2.24, 2.45) is 5.92 Å². The molecular formula is C29H26BrClF3N5O4. The Morgan fingerprint density at radius 2 is 1.72 bits per heavy atom. The molecule has 0 radical (unpaired) electrons. The van der Waals surface area contributed by atoms with Crippen LogP contribution in [0.3, 0.4) is 0 Å². The molecule has 2 heterocycles. The average Bonchev–Trinajstić information content (AvgIpc) is 2.98. The van der Waals surface area contributed by atoms with E-state index < -0.39 is 41.6 Å². The molecule has 4 rings (SSSR count). The van der Waals surface area contributed by atoms with Gasteiger partial charge in [-0.05, 0) is 60.4 Å². The maximum atomic E-state index is 13.3. The number of amides is 2. The molecule has 226 valence electrons. The molecule has 2 aromatic carbocycles. The second-order valence-corrected chi connectivity index (χ2v) is 11.1. The summed E-state index contributed by atoms with van der Waals surface area (Å²) in [5.74, 6) is -3.18. The fourth-order valence-corrected chi connectivity index (χ4v) is 4.80. The lowest BCUT2D eigenvalue weighted by molar-refractivity contribution is -0.141. The highest BCUT2D eigenvalue weighted by molar-refractivity contribution is 9.10. The molecule has 1 fully saturated rings. The average molecular weight is 681 g/mol. The Balaban J connectivity index is 1.47. The zero-order valence-electron chi connectivity index (χ0n) is 22.4. The van der Waals surface area contributed by atoms with Crippen molar-refractivity contribution in [3.05, 3.63) is 92.8 Å². The number of aromatic nitrogens is 2. The second-order valence-electron chi connectivity index (χ2n) is 9.79. The van der Waals surface area contributed by atoms with Gasteiger partial charge in [-0.1, -0.05) is 51.8 Å². The molecule has 1 aliphatic heterocycles. The number of nitrogens with one attached hydrogen (secondary N) is 2. The summed E-state index contributed by atoms with van der Waals surface area (Å²) >= 11 is 9.25. The zero-order chi connectivity index (χ0) is 31.1. The number of alkyl halides is 3. The predicted octanol–water partition coefficient (Wildman–Crippen LogP) is 5.10. The number of carbonyl (C=O) groups is 3. The van der Waals surface area contributed by atoms with Crippen LogP contribution >= 0.6 is 27.5 Å². The van der Waals surface area contributed by atoms with Gasteiger partial charge < -0.3 is 20.6 Å². The van der Waals surface area contributed by atoms with E-state index in [9.17, 15) is 32.7 Å². The van der Waals surface area contributed by atoms with E-state index in [1.165, 1.54) is 6.08 Å². The van der Waals surface area contributed by atoms with Crippen LogP contribution in [0, 0.1) is 5.92 Å². The molecule has 1 atom stereocenters. The molecule has 1 aliphatic rings. The summed E-state index contributed by atoms with van der Waals surface area (Å²) in [5.41, 5.74) is 0.00553. The number of carboxylic acids is 1. The van der Waals surface area contributed by atoms with E-state index >= 15 is 0 Å². The first kappa shape index (κ1) is 32.0. The third-order valence-electron chi connectivity index (χ3n) is 6.72. The first-order valence-corrected chi connectivity index (χ1v) is 14.3. The number of halogens is 5. The van der Waals surface area contributed by atoms with E-state index in [-0.39, 0.29) is 44.0 Å². The number of carbonyl (C=O) groups excluding carboxylic acids is 2. The molecule has 14 heteroatoms. The van der Waals surface area contributed by atoms with E-state index in [2.05, 4.69) is 36.5 Å². The summed E-state index contributed by atoms with van der Waals surface area (Å²) in [6, 6.07) is 12.9. The molecule has 0 aliphatic carbocycles. The van der Waals surface area contributed by atoms with Gasteiger partial charge in [0.1, 0.15) is 17.4 Å². The number of anilines is 1. The van der Waals surface area contributed by atoms with Crippen LogP contribution in [0.4, 0.5) is 19.1 Å². The van der Waals surface area contributed by atoms with Crippen LogP contribution < -0.4 is 15.5 Å². The predicted molar refractivity (Wildman–Crippen MR) is 157 cm³/mol. The molecule has 3 aromatic rings. The molecule has 0 bridgehead atoms. The maximum Gasteiger partial charge on any atom is 0.433 e. The van der Waals surface area contributed by atoms with Crippen LogP contribution in [-0.4, -0.2) is 52.0 Å². The van der Waals surface area contributed by atoms with Crippen molar-refractivity contribution in [2.45, 2.75) is 31.5 Å². The number of carboxylic acid groups (broad SMARTS) is 1. The van der Waals surface area contributed by atoms with Crippen LogP contribution in [0.25, 0.3) is 6.08 Å². The van der Waals surface area contributed by atoms with Gasteiger partial charge in [0.15, 0.2) is 0 Å². The number of aliphatic carboxylic acids is 1. The van der Waals surface area contributed by atoms with E-state index in [0.29, 0.717) is 16.1 Å². The maximum absolute atomic E-state index is 13.3. The number of nitrogens with zero attached hydrogens (tertiary/aromatic N) is 3. The lowest BCUT2D eigenvalue weighted by Gasteiger charge is -2.31. The molecule has 0 spiro atoms. The van der Waals surface area contributed by atoms with E-state index in [1.807, 2.05) is 0 Å². The van der Waals surface area contributed by atoms with Crippen molar-refractivity contribution >= 4 is 57.3 Å². The Morgan fingerprint density at radius 1 is 1.07 bits per heavy atom. The highest BCUT2D eigenvalue weighted by atomic mass is 79.9. The SMILES string of the molecule is O=C(N[C@@H](Cc1ccc(Cl)cc1)C(=O)O)/C(=C\c1ccc(Br)cc1)NC(=O)C1CCN(c2nccc(C(F)(F)F)n2)CC1. The topological polar surface area (TPSA) is 125 Å². The van der Waals surface area contributed by atoms with Crippen molar-refractivity contribution in [1.29, 1.82) is 0 Å². The van der Waals surface area contributed by atoms with Gasteiger partial charge in [-0.3, -0.25) is 9.59 Å². The van der Waals surface area contributed by atoms with Crippen molar-refractivity contribution in [3.8, 4) is 0 Å². The summed E-state index contributed by atoms with van der Waals surface area (Å²) in [4.78, 5) is 47.7. The number of benzene rings is 2. The molecule has 1 saturated heterocycles. The van der Waals surface area contributed by atoms with Crippen LogP contribution in [-0.2, 0) is 27.0 Å². The Hall–Kier alpha value is -3.97. The quantitative estimate of drug-likeness (QED) is 0.269. The first-order valence-electron chi connectivity index (χ1n) is 13.1. The van der Waals surface area contributed by atoms with Crippen LogP contribution in [0.2, 0.25) is 5.02 Å². The summed E-state index contributed by atoms with van der Waals surface area (Å²) in [6.45, 7) is 0.444. The van der Waals surface area contributed by atoms with Gasteiger partial charge in [0.2, 0.25) is 11.9 Å². The van der Waals surface area contributed by atoms with Gasteiger partial charge in [-0.2, -0.15) is 13.2 Å². The molecule has 0 saturated carbocycles. The Bertz CT molecular complexity index is 1500. The fourth-order valence-electron chi connectivity index (χ4n) is 4.41. The number of rotatable bonds is 9. The Labute approximate surface area is 258 Å². The van der Waals surface area contributed by atoms with Gasteiger partial charge >= 0.3 is 12.1 Å². The minimum atomic E-state index is -4.61. The van der Waals surface area contributed by atoms with Crippen molar-refractivity contribution in [3.63, 3.8) is 0 Å². The van der Waals surface area contributed by atoms with Gasteiger partial charge in [-0.15, -0.1) is 0 Å². The lowest BCUT2D eigenvalue weighted by Crippen LogP contribution is -2.47. The van der Waals surface area contributed by atoms with E-state index in [4.69, 9.17) is 11.6 Å². The molecule has 43 heavy (non-hydrogen) atoms. The Morgan fingerprint density at radius 3 is 2.33 bits per heavy atom. The smallest absolute Gasteiger partial charge is 0.433 e. The monoisotopic (exact) mass is 679 g/mol. The summed E-state index contributed by atoms with van der Waals surface area (Å²) in [7, 11) is 0. The van der Waals surface area contributed by atoms with E-state index in [0.717, 1.165) is 16.7 Å². The molecule has 0 unspecified atom stereocenters. The normalized spacial score (nSPS) is 15.1. The molecule has 3 N–H and O–H groups in total. The number of hydrogen-bond donors (Lipinski definition) is 3. The molecule has 1 aromatic heterocycles. The highest BCUT2D eigenvalue weighted by Crippen LogP contribution is 2.29. The number of hydrogen-bond acceptors (Lipinski definition) is 6. The van der Waals surface area contributed by atoms with Gasteiger partial charge in [0, 0.05) is 41.1 Å². The fraction of sp³-hybridized carbons (Fsp3) is 0.276. The summed E-state index contributed by atoms with van der Waals surface area (Å²) < 4.78 is 40.0. The molecular weight excluding hydrogens is 655 g/mol. The van der Waals surface area contributed by atoms with E-state index in [1.54, 1.807) is 53.4 Å². The first-order chi connectivity index (χ1) is 20.4. The van der Waals surface area contributed by atoms with Crippen LogP contribution in [0.15, 0.2) is 71.0 Å². The van der Waals surface area contributed by atoms with Crippen molar-refractivity contribution in [1.82, 2.24) is 20.6 Å². The van der Waals surface area contributed by atoms with Crippen molar-refractivity contribution in [2.75, 3.05) is 18.0 Å². The van der Waals surface area contributed by atoms with Gasteiger partial charge in [-0.25, -0.2) is 14.8 Å². The molecule has 9 nitrogen and oxygen atoms in total. The summed E-state index contributed by atoms with van der Waals surface area (Å²) in [6.07, 6.45) is -1.61. The summed E-state index contributed by atoms with van der Waals surface area (Å²) in [5, 5.41) is 15.4. The minimum Gasteiger partial charge on any atom is -0.480 e. The van der Waals surface area contributed by atoms with Crippen LogP contribution in [0.1, 0.15) is 29.7 Å². The second kappa shape index (κ2) is 14.0. The third-order valence-corrected chi connectivity index (χ3v) is 7.50. The van der Waals surface area contributed by atoms with Gasteiger partial charge in [0.05, 0.1) is 0 Å². The largest absolute Gasteiger partial charge is 0.480 e. The Kier molecular flexibility index (Phi) is 10.4. The minimum absolute atomic E-state index is 0.0200. The van der Waals surface area contributed by atoms with Gasteiger partial charge in [0.25, 0.3) is 5.91 Å². The third kappa shape index (κ3) is 9.01. The van der Waals surface area contributed by atoms with Crippen LogP contribution in [0.5, 0.6) is 0 Å². The highest BCUT2D eigenvalue weighted by Gasteiger charge is 2.34.